The fourth-order valence-electron chi connectivity index (χ4n) is 1.67. The normalized spacial score (nSPS) is 10.4. The van der Waals surface area contributed by atoms with Crippen LogP contribution in [0.4, 0.5) is 5.69 Å². The summed E-state index contributed by atoms with van der Waals surface area (Å²) in [5.74, 6) is 0.250. The summed E-state index contributed by atoms with van der Waals surface area (Å²) in [7, 11) is 0. The topological polar surface area (TPSA) is 32.3 Å². The van der Waals surface area contributed by atoms with Crippen LogP contribution in [0.25, 0.3) is 0 Å². The molecule has 18 heavy (non-hydrogen) atoms. The number of benzene rings is 2. The maximum atomic E-state index is 9.73. The van der Waals surface area contributed by atoms with E-state index in [4.69, 9.17) is 11.6 Å². The highest BCUT2D eigenvalue weighted by Crippen LogP contribution is 2.25. The van der Waals surface area contributed by atoms with Gasteiger partial charge in [0.15, 0.2) is 0 Å². The van der Waals surface area contributed by atoms with Crippen LogP contribution in [-0.4, -0.2) is 5.11 Å². The maximum absolute atomic E-state index is 9.73. The Bertz CT molecular complexity index is 520. The largest absolute Gasteiger partial charge is 0.508 e. The van der Waals surface area contributed by atoms with Crippen molar-refractivity contribution in [3.63, 3.8) is 0 Å². The van der Waals surface area contributed by atoms with E-state index in [0.29, 0.717) is 11.6 Å². The number of aryl methyl sites for hydroxylation is 1. The van der Waals surface area contributed by atoms with Crippen LogP contribution < -0.4 is 5.32 Å². The molecule has 94 valence electrons. The van der Waals surface area contributed by atoms with Crippen LogP contribution in [-0.2, 0) is 6.54 Å². The Kier molecular flexibility index (Phi) is 4.15. The first-order chi connectivity index (χ1) is 8.56. The van der Waals surface area contributed by atoms with Crippen molar-refractivity contribution < 1.29 is 5.11 Å². The lowest BCUT2D eigenvalue weighted by Gasteiger charge is -2.11. The van der Waals surface area contributed by atoms with Crippen molar-refractivity contribution in [2.75, 3.05) is 5.32 Å². The molecule has 0 bridgehead atoms. The van der Waals surface area contributed by atoms with Gasteiger partial charge in [-0.25, -0.2) is 0 Å². The molecule has 0 fully saturated rings. The first-order valence-electron chi connectivity index (χ1n) is 5.53. The van der Waals surface area contributed by atoms with Crippen LogP contribution in [0.15, 0.2) is 40.9 Å². The van der Waals surface area contributed by atoms with E-state index in [1.807, 2.05) is 25.1 Å². The zero-order valence-electron chi connectivity index (χ0n) is 9.87. The summed E-state index contributed by atoms with van der Waals surface area (Å²) < 4.78 is 1.02. The summed E-state index contributed by atoms with van der Waals surface area (Å²) in [5.41, 5.74) is 2.96. The van der Waals surface area contributed by atoms with Gasteiger partial charge in [-0.05, 0) is 42.8 Å². The van der Waals surface area contributed by atoms with E-state index >= 15 is 0 Å². The highest BCUT2D eigenvalue weighted by molar-refractivity contribution is 9.10. The third kappa shape index (κ3) is 3.18. The predicted octanol–water partition coefficient (Wildman–Crippen LogP) is 4.73. The number of phenols is 1. The molecule has 0 saturated carbocycles. The number of hydrogen-bond acceptors (Lipinski definition) is 2. The smallest absolute Gasteiger partial charge is 0.120 e. The number of halogens is 2. The van der Waals surface area contributed by atoms with Crippen molar-refractivity contribution in [2.45, 2.75) is 13.5 Å². The van der Waals surface area contributed by atoms with E-state index < -0.39 is 0 Å². The second kappa shape index (κ2) is 5.63. The minimum Gasteiger partial charge on any atom is -0.508 e. The quantitative estimate of drug-likeness (QED) is 0.854. The van der Waals surface area contributed by atoms with Gasteiger partial charge in [-0.3, -0.25) is 0 Å². The number of rotatable bonds is 3. The van der Waals surface area contributed by atoms with Crippen molar-refractivity contribution in [2.24, 2.45) is 0 Å². The summed E-state index contributed by atoms with van der Waals surface area (Å²) >= 11 is 9.35. The Morgan fingerprint density at radius 2 is 2.00 bits per heavy atom. The number of anilines is 1. The van der Waals surface area contributed by atoms with Crippen LogP contribution in [0.1, 0.15) is 11.1 Å². The van der Waals surface area contributed by atoms with Gasteiger partial charge in [-0.1, -0.05) is 33.6 Å². The number of hydrogen-bond donors (Lipinski definition) is 2. The molecule has 0 aliphatic carbocycles. The van der Waals surface area contributed by atoms with E-state index in [9.17, 15) is 5.11 Å². The minimum atomic E-state index is 0.250. The van der Waals surface area contributed by atoms with Gasteiger partial charge in [0.1, 0.15) is 5.75 Å². The van der Waals surface area contributed by atoms with E-state index in [1.165, 1.54) is 0 Å². The molecule has 4 heteroatoms. The SMILES string of the molecule is Cc1ccc(Br)cc1NCc1cc(Cl)ccc1O. The van der Waals surface area contributed by atoms with Gasteiger partial charge in [-0.15, -0.1) is 0 Å². The molecular formula is C14H13BrClNO. The first kappa shape index (κ1) is 13.2. The molecule has 0 atom stereocenters. The molecule has 0 spiro atoms. The Balaban J connectivity index is 2.16. The van der Waals surface area contributed by atoms with Crippen molar-refractivity contribution >= 4 is 33.2 Å². The zero-order valence-corrected chi connectivity index (χ0v) is 12.2. The summed E-state index contributed by atoms with van der Waals surface area (Å²) in [6.45, 7) is 2.57. The van der Waals surface area contributed by atoms with Crippen LogP contribution in [0.2, 0.25) is 5.02 Å². The van der Waals surface area contributed by atoms with Gasteiger partial charge in [0, 0.05) is 27.3 Å². The minimum absolute atomic E-state index is 0.250. The van der Waals surface area contributed by atoms with E-state index in [-0.39, 0.29) is 5.75 Å². The van der Waals surface area contributed by atoms with Crippen molar-refractivity contribution in [1.82, 2.24) is 0 Å². The molecule has 0 aromatic heterocycles. The molecule has 0 radical (unpaired) electrons. The number of nitrogens with one attached hydrogen (secondary N) is 1. The average Bonchev–Trinajstić information content (AvgIpc) is 2.34. The molecule has 0 aliphatic rings. The van der Waals surface area contributed by atoms with Crippen LogP contribution in [0.3, 0.4) is 0 Å². The second-order valence-corrected chi connectivity index (χ2v) is 5.44. The Morgan fingerprint density at radius 3 is 2.78 bits per heavy atom. The van der Waals surface area contributed by atoms with Gasteiger partial charge in [0.2, 0.25) is 0 Å². The second-order valence-electron chi connectivity index (χ2n) is 4.09. The van der Waals surface area contributed by atoms with Gasteiger partial charge >= 0.3 is 0 Å². The van der Waals surface area contributed by atoms with E-state index in [1.54, 1.807) is 18.2 Å². The van der Waals surface area contributed by atoms with Crippen LogP contribution in [0, 0.1) is 6.92 Å². The fraction of sp³-hybridized carbons (Fsp3) is 0.143. The summed E-state index contributed by atoms with van der Waals surface area (Å²) in [4.78, 5) is 0. The van der Waals surface area contributed by atoms with Crippen molar-refractivity contribution in [3.8, 4) is 5.75 Å². The lowest BCUT2D eigenvalue weighted by Crippen LogP contribution is -2.01. The Hall–Kier alpha value is -1.19. The summed E-state index contributed by atoms with van der Waals surface area (Å²) in [6.07, 6.45) is 0. The molecule has 0 aliphatic heterocycles. The van der Waals surface area contributed by atoms with Gasteiger partial charge < -0.3 is 10.4 Å². The van der Waals surface area contributed by atoms with Crippen LogP contribution in [0.5, 0.6) is 5.75 Å². The maximum Gasteiger partial charge on any atom is 0.120 e. The molecule has 0 saturated heterocycles. The summed E-state index contributed by atoms with van der Waals surface area (Å²) in [6, 6.07) is 11.1. The Labute approximate surface area is 120 Å². The standard InChI is InChI=1S/C14H13BrClNO/c1-9-2-3-11(15)7-13(9)17-8-10-6-12(16)4-5-14(10)18/h2-7,17-18H,8H2,1H3. The third-order valence-electron chi connectivity index (χ3n) is 2.71. The highest BCUT2D eigenvalue weighted by Gasteiger charge is 2.04. The number of aromatic hydroxyl groups is 1. The molecule has 2 rings (SSSR count). The lowest BCUT2D eigenvalue weighted by molar-refractivity contribution is 0.469. The molecule has 0 heterocycles. The van der Waals surface area contributed by atoms with Crippen LogP contribution >= 0.6 is 27.5 Å². The average molecular weight is 327 g/mol. The molecule has 2 aromatic rings. The fourth-order valence-corrected chi connectivity index (χ4v) is 2.23. The molecular weight excluding hydrogens is 314 g/mol. The van der Waals surface area contributed by atoms with Crippen molar-refractivity contribution in [3.05, 3.63) is 57.0 Å². The monoisotopic (exact) mass is 325 g/mol. The Morgan fingerprint density at radius 1 is 1.22 bits per heavy atom. The lowest BCUT2D eigenvalue weighted by atomic mass is 10.1. The highest BCUT2D eigenvalue weighted by atomic mass is 79.9. The number of phenolic OH excluding ortho intramolecular Hbond substituents is 1. The van der Waals surface area contributed by atoms with Crippen molar-refractivity contribution in [1.29, 1.82) is 0 Å². The van der Waals surface area contributed by atoms with Gasteiger partial charge in [0.25, 0.3) is 0 Å². The molecule has 0 unspecified atom stereocenters. The predicted molar refractivity (Wildman–Crippen MR) is 79.3 cm³/mol. The van der Waals surface area contributed by atoms with Gasteiger partial charge in [0.05, 0.1) is 0 Å². The molecule has 2 N–H and O–H groups in total. The van der Waals surface area contributed by atoms with Gasteiger partial charge in [-0.2, -0.15) is 0 Å². The molecule has 2 nitrogen and oxygen atoms in total. The van der Waals surface area contributed by atoms with E-state index in [0.717, 1.165) is 21.3 Å². The first-order valence-corrected chi connectivity index (χ1v) is 6.71. The molecule has 0 amide bonds. The zero-order chi connectivity index (χ0) is 13.1. The summed E-state index contributed by atoms with van der Waals surface area (Å²) in [5, 5.41) is 13.6. The molecule has 2 aromatic carbocycles. The third-order valence-corrected chi connectivity index (χ3v) is 3.44. The van der Waals surface area contributed by atoms with E-state index in [2.05, 4.69) is 21.2 Å².